The van der Waals surface area contributed by atoms with Gasteiger partial charge in [-0.2, -0.15) is 10.4 Å². The number of anilines is 1. The molecule has 0 atom stereocenters. The van der Waals surface area contributed by atoms with Crippen LogP contribution in [0.25, 0.3) is 5.69 Å². The van der Waals surface area contributed by atoms with Gasteiger partial charge in [0, 0.05) is 23.3 Å². The van der Waals surface area contributed by atoms with E-state index in [1.54, 1.807) is 48.5 Å². The number of nitriles is 1. The minimum absolute atomic E-state index is 0.103. The molecule has 4 rings (SSSR count). The van der Waals surface area contributed by atoms with Gasteiger partial charge in [0.1, 0.15) is 5.69 Å². The van der Waals surface area contributed by atoms with Gasteiger partial charge in [-0.05, 0) is 54.1 Å². The van der Waals surface area contributed by atoms with Crippen LogP contribution in [0.4, 0.5) is 5.69 Å². The highest BCUT2D eigenvalue weighted by molar-refractivity contribution is 6.30. The van der Waals surface area contributed by atoms with E-state index in [0.717, 1.165) is 5.56 Å². The Morgan fingerprint density at radius 3 is 2.30 bits per heavy atom. The van der Waals surface area contributed by atoms with Gasteiger partial charge in [-0.25, -0.2) is 4.68 Å². The summed E-state index contributed by atoms with van der Waals surface area (Å²) in [5, 5.41) is 19.4. The molecule has 2 N–H and O–H groups in total. The van der Waals surface area contributed by atoms with E-state index in [9.17, 15) is 9.59 Å². The van der Waals surface area contributed by atoms with E-state index in [1.165, 1.54) is 10.7 Å². The predicted molar refractivity (Wildman–Crippen MR) is 125 cm³/mol. The van der Waals surface area contributed by atoms with Gasteiger partial charge in [-0.15, -0.1) is 0 Å². The van der Waals surface area contributed by atoms with Crippen molar-refractivity contribution in [2.24, 2.45) is 0 Å². The standard InChI is InChI=1S/C25H18ClN5O2/c26-19-8-12-21(13-9-19)31-23(25(33)29-20-10-6-17(15-27)7-11-20)14-22(30-31)24(32)28-16-18-4-2-1-3-5-18/h1-14H,16H2,(H,28,32)(H,29,33). The Morgan fingerprint density at radius 2 is 1.64 bits per heavy atom. The first kappa shape index (κ1) is 21.8. The van der Waals surface area contributed by atoms with E-state index in [0.29, 0.717) is 28.5 Å². The Hall–Kier alpha value is -4.41. The smallest absolute Gasteiger partial charge is 0.274 e. The van der Waals surface area contributed by atoms with Crippen molar-refractivity contribution >= 4 is 29.1 Å². The minimum atomic E-state index is -0.454. The quantitative estimate of drug-likeness (QED) is 0.444. The number of carbonyl (C=O) groups is 2. The molecule has 0 aliphatic heterocycles. The lowest BCUT2D eigenvalue weighted by Crippen LogP contribution is -2.23. The number of hydrogen-bond acceptors (Lipinski definition) is 4. The van der Waals surface area contributed by atoms with Crippen LogP contribution in [0.3, 0.4) is 0 Å². The molecule has 33 heavy (non-hydrogen) atoms. The van der Waals surface area contributed by atoms with Crippen LogP contribution in [0.2, 0.25) is 5.02 Å². The molecule has 4 aromatic rings. The fourth-order valence-corrected chi connectivity index (χ4v) is 3.25. The Kier molecular flexibility index (Phi) is 6.48. The average molecular weight is 456 g/mol. The normalized spacial score (nSPS) is 10.3. The van der Waals surface area contributed by atoms with E-state index in [-0.39, 0.29) is 11.4 Å². The topological polar surface area (TPSA) is 99.8 Å². The van der Waals surface area contributed by atoms with Crippen LogP contribution in [0.15, 0.2) is 84.9 Å². The van der Waals surface area contributed by atoms with Crippen molar-refractivity contribution in [1.29, 1.82) is 5.26 Å². The van der Waals surface area contributed by atoms with Gasteiger partial charge >= 0.3 is 0 Å². The lowest BCUT2D eigenvalue weighted by Gasteiger charge is -2.08. The molecule has 8 heteroatoms. The van der Waals surface area contributed by atoms with Crippen LogP contribution in [0.1, 0.15) is 32.1 Å². The molecule has 2 amide bonds. The van der Waals surface area contributed by atoms with Gasteiger partial charge < -0.3 is 10.6 Å². The number of carbonyl (C=O) groups excluding carboxylic acids is 2. The maximum absolute atomic E-state index is 13.1. The molecule has 3 aromatic carbocycles. The van der Waals surface area contributed by atoms with Gasteiger partial charge in [0.2, 0.25) is 0 Å². The second kappa shape index (κ2) is 9.81. The third-order valence-electron chi connectivity index (χ3n) is 4.81. The molecule has 0 unspecified atom stereocenters. The maximum Gasteiger partial charge on any atom is 0.274 e. The first-order valence-electron chi connectivity index (χ1n) is 10.0. The number of rotatable bonds is 6. The SMILES string of the molecule is N#Cc1ccc(NC(=O)c2cc(C(=O)NCc3ccccc3)nn2-c2ccc(Cl)cc2)cc1. The summed E-state index contributed by atoms with van der Waals surface area (Å²) >= 11 is 5.99. The number of amides is 2. The van der Waals surface area contributed by atoms with Crippen LogP contribution < -0.4 is 10.6 Å². The fraction of sp³-hybridized carbons (Fsp3) is 0.0400. The molecule has 0 aliphatic carbocycles. The summed E-state index contributed by atoms with van der Waals surface area (Å²) in [5.41, 5.74) is 2.79. The Labute approximate surface area is 195 Å². The monoisotopic (exact) mass is 455 g/mol. The maximum atomic E-state index is 13.1. The molecule has 1 heterocycles. The largest absolute Gasteiger partial charge is 0.347 e. The predicted octanol–water partition coefficient (Wildman–Crippen LogP) is 4.58. The zero-order chi connectivity index (χ0) is 23.2. The van der Waals surface area contributed by atoms with Crippen molar-refractivity contribution in [2.75, 3.05) is 5.32 Å². The Morgan fingerprint density at radius 1 is 0.939 bits per heavy atom. The van der Waals surface area contributed by atoms with Crippen molar-refractivity contribution in [2.45, 2.75) is 6.54 Å². The highest BCUT2D eigenvalue weighted by Gasteiger charge is 2.20. The van der Waals surface area contributed by atoms with Gasteiger partial charge in [0.05, 0.1) is 17.3 Å². The molecule has 0 bridgehead atoms. The molecule has 7 nitrogen and oxygen atoms in total. The Balaban J connectivity index is 1.61. The van der Waals surface area contributed by atoms with Gasteiger partial charge in [-0.1, -0.05) is 41.9 Å². The van der Waals surface area contributed by atoms with Gasteiger partial charge in [0.15, 0.2) is 5.69 Å². The summed E-state index contributed by atoms with van der Waals surface area (Å²) in [6, 6.07) is 26.2. The van der Waals surface area contributed by atoms with Crippen molar-refractivity contribution in [3.8, 4) is 11.8 Å². The number of nitrogens with one attached hydrogen (secondary N) is 2. The lowest BCUT2D eigenvalue weighted by atomic mass is 10.2. The molecule has 1 aromatic heterocycles. The summed E-state index contributed by atoms with van der Waals surface area (Å²) in [6.45, 7) is 0.334. The highest BCUT2D eigenvalue weighted by atomic mass is 35.5. The molecular weight excluding hydrogens is 438 g/mol. The Bertz CT molecular complexity index is 1320. The van der Waals surface area contributed by atoms with E-state index in [1.807, 2.05) is 36.4 Å². The molecule has 0 fully saturated rings. The average Bonchev–Trinajstić information content (AvgIpc) is 3.30. The van der Waals surface area contributed by atoms with E-state index >= 15 is 0 Å². The first-order valence-corrected chi connectivity index (χ1v) is 10.4. The third-order valence-corrected chi connectivity index (χ3v) is 5.07. The van der Waals surface area contributed by atoms with Crippen molar-refractivity contribution < 1.29 is 9.59 Å². The van der Waals surface area contributed by atoms with Gasteiger partial charge in [0.25, 0.3) is 11.8 Å². The summed E-state index contributed by atoms with van der Waals surface area (Å²) in [6.07, 6.45) is 0. The second-order valence-electron chi connectivity index (χ2n) is 7.11. The van der Waals surface area contributed by atoms with E-state index < -0.39 is 11.8 Å². The minimum Gasteiger partial charge on any atom is -0.347 e. The molecular formula is C25H18ClN5O2. The summed E-state index contributed by atoms with van der Waals surface area (Å²) in [5.74, 6) is -0.858. The second-order valence-corrected chi connectivity index (χ2v) is 7.55. The highest BCUT2D eigenvalue weighted by Crippen LogP contribution is 2.18. The molecule has 0 saturated heterocycles. The van der Waals surface area contributed by atoms with Crippen LogP contribution in [-0.4, -0.2) is 21.6 Å². The number of nitrogens with zero attached hydrogens (tertiary/aromatic N) is 3. The van der Waals surface area contributed by atoms with Crippen LogP contribution in [0, 0.1) is 11.3 Å². The van der Waals surface area contributed by atoms with Crippen molar-refractivity contribution in [1.82, 2.24) is 15.1 Å². The third kappa shape index (κ3) is 5.26. The summed E-state index contributed by atoms with van der Waals surface area (Å²) in [7, 11) is 0. The van der Waals surface area contributed by atoms with Crippen LogP contribution in [-0.2, 0) is 6.54 Å². The molecule has 0 saturated carbocycles. The van der Waals surface area contributed by atoms with E-state index in [2.05, 4.69) is 15.7 Å². The van der Waals surface area contributed by atoms with Crippen molar-refractivity contribution in [3.63, 3.8) is 0 Å². The lowest BCUT2D eigenvalue weighted by molar-refractivity contribution is 0.0945. The van der Waals surface area contributed by atoms with E-state index in [4.69, 9.17) is 16.9 Å². The van der Waals surface area contributed by atoms with Gasteiger partial charge in [-0.3, -0.25) is 9.59 Å². The molecule has 162 valence electrons. The molecule has 0 radical (unpaired) electrons. The molecule has 0 spiro atoms. The first-order chi connectivity index (χ1) is 16.0. The fourth-order valence-electron chi connectivity index (χ4n) is 3.12. The number of hydrogen-bond donors (Lipinski definition) is 2. The number of aromatic nitrogens is 2. The number of halogens is 1. The zero-order valence-electron chi connectivity index (χ0n) is 17.3. The van der Waals surface area contributed by atoms with Crippen LogP contribution in [0.5, 0.6) is 0 Å². The van der Waals surface area contributed by atoms with Crippen molar-refractivity contribution in [3.05, 3.63) is 112 Å². The van der Waals surface area contributed by atoms with Crippen LogP contribution >= 0.6 is 11.6 Å². The molecule has 0 aliphatic rings. The summed E-state index contributed by atoms with van der Waals surface area (Å²) in [4.78, 5) is 25.8. The summed E-state index contributed by atoms with van der Waals surface area (Å²) < 4.78 is 1.40. The number of benzene rings is 3. The zero-order valence-corrected chi connectivity index (χ0v) is 18.1.